The van der Waals surface area contributed by atoms with Gasteiger partial charge in [0.2, 0.25) is 0 Å². The topological polar surface area (TPSA) is 78.9 Å². The van der Waals surface area contributed by atoms with Gasteiger partial charge in [0.05, 0.1) is 0 Å². The van der Waals surface area contributed by atoms with Gasteiger partial charge in [0.15, 0.2) is 6.10 Å². The molecular formula is C77H132O6. The zero-order chi connectivity index (χ0) is 59.9. The third-order valence-electron chi connectivity index (χ3n) is 15.2. The van der Waals surface area contributed by atoms with E-state index in [1.165, 1.54) is 180 Å². The Hall–Kier alpha value is -3.93. The maximum Gasteiger partial charge on any atom is 0.306 e. The summed E-state index contributed by atoms with van der Waals surface area (Å²) in [7, 11) is 0. The molecule has 0 spiro atoms. The molecule has 0 bridgehead atoms. The molecule has 0 N–H and O–H groups in total. The molecule has 0 saturated heterocycles. The first-order chi connectivity index (χ1) is 41.0. The molecule has 0 heterocycles. The van der Waals surface area contributed by atoms with Gasteiger partial charge >= 0.3 is 17.9 Å². The minimum atomic E-state index is -0.810. The van der Waals surface area contributed by atoms with E-state index in [9.17, 15) is 14.4 Å². The van der Waals surface area contributed by atoms with Crippen LogP contribution in [0.2, 0.25) is 0 Å². The van der Waals surface area contributed by atoms with Gasteiger partial charge in [-0.1, -0.05) is 310 Å². The summed E-state index contributed by atoms with van der Waals surface area (Å²) in [5.41, 5.74) is 0. The number of rotatable bonds is 64. The largest absolute Gasteiger partial charge is 0.462 e. The Morgan fingerprint density at radius 2 is 0.470 bits per heavy atom. The zero-order valence-corrected chi connectivity index (χ0v) is 54.7. The first kappa shape index (κ1) is 79.1. The van der Waals surface area contributed by atoms with Crippen LogP contribution in [0.5, 0.6) is 0 Å². The predicted octanol–water partition coefficient (Wildman–Crippen LogP) is 24.6. The van der Waals surface area contributed by atoms with E-state index in [2.05, 4.69) is 130 Å². The quantitative estimate of drug-likeness (QED) is 0.0261. The Morgan fingerprint density at radius 3 is 0.759 bits per heavy atom. The fourth-order valence-electron chi connectivity index (χ4n) is 10.0. The lowest BCUT2D eigenvalue weighted by atomic mass is 10.0. The summed E-state index contributed by atoms with van der Waals surface area (Å²) in [4.78, 5) is 38.3. The van der Waals surface area contributed by atoms with Crippen molar-refractivity contribution < 1.29 is 28.6 Å². The van der Waals surface area contributed by atoms with E-state index in [1.807, 2.05) is 0 Å². The Balaban J connectivity index is 4.21. The summed E-state index contributed by atoms with van der Waals surface area (Å²) in [6.45, 7) is 6.39. The van der Waals surface area contributed by atoms with E-state index in [1.54, 1.807) is 0 Å². The lowest BCUT2D eigenvalue weighted by molar-refractivity contribution is -0.167. The molecule has 0 radical (unpaired) electrons. The van der Waals surface area contributed by atoms with Gasteiger partial charge in [0.1, 0.15) is 13.2 Å². The van der Waals surface area contributed by atoms with E-state index >= 15 is 0 Å². The molecule has 1 unspecified atom stereocenters. The molecule has 476 valence electrons. The van der Waals surface area contributed by atoms with Crippen molar-refractivity contribution in [2.24, 2.45) is 0 Å². The van der Waals surface area contributed by atoms with Gasteiger partial charge in [-0.05, 0) is 122 Å². The average Bonchev–Trinajstić information content (AvgIpc) is 3.49. The molecular weight excluding hydrogens is 1020 g/mol. The standard InChI is InChI=1S/C77H132O6/c1-4-7-10-13-16-19-22-25-27-29-31-32-33-34-35-36-37-38-39-40-41-42-43-44-46-47-49-52-55-58-61-64-67-70-76(79)82-73-74(72-81-75(78)69-66-63-60-57-54-51-24-21-18-15-12-9-6-3)83-77(80)71-68-65-62-59-56-53-50-48-45-30-28-26-23-20-17-14-11-8-5-2/h8-9,11-12,17-18,20-21,26,28-29,31,45,48,51,53-54,56,74H,4-7,10,13-16,19,22-25,27,30,32-44,46-47,49-50,52,55,57-73H2,1-3H3/b11-8-,12-9-,20-17-,21-18-,28-26-,31-29-,48-45-,54-51-,56-53-. The van der Waals surface area contributed by atoms with Gasteiger partial charge in [-0.25, -0.2) is 0 Å². The molecule has 1 atom stereocenters. The molecule has 6 nitrogen and oxygen atoms in total. The Kier molecular flexibility index (Phi) is 67.2. The second kappa shape index (κ2) is 70.6. The smallest absolute Gasteiger partial charge is 0.306 e. The highest BCUT2D eigenvalue weighted by Gasteiger charge is 2.19. The first-order valence-electron chi connectivity index (χ1n) is 35.4. The monoisotopic (exact) mass is 1150 g/mol. The fraction of sp³-hybridized carbons (Fsp3) is 0.727. The van der Waals surface area contributed by atoms with E-state index in [0.29, 0.717) is 12.8 Å². The summed E-state index contributed by atoms with van der Waals surface area (Å²) < 4.78 is 16.9. The van der Waals surface area contributed by atoms with Crippen molar-refractivity contribution in [3.8, 4) is 0 Å². The van der Waals surface area contributed by atoms with Crippen LogP contribution in [0.4, 0.5) is 0 Å². The molecule has 6 heteroatoms. The van der Waals surface area contributed by atoms with Gasteiger partial charge in [-0.15, -0.1) is 0 Å². The highest BCUT2D eigenvalue weighted by molar-refractivity contribution is 5.71. The lowest BCUT2D eigenvalue weighted by Crippen LogP contribution is -2.30. The van der Waals surface area contributed by atoms with Crippen LogP contribution in [-0.4, -0.2) is 37.2 Å². The molecule has 0 saturated carbocycles. The van der Waals surface area contributed by atoms with Crippen LogP contribution in [0.1, 0.15) is 342 Å². The Bertz CT molecular complexity index is 1660. The zero-order valence-electron chi connectivity index (χ0n) is 54.7. The number of esters is 3. The van der Waals surface area contributed by atoms with Crippen LogP contribution in [0, 0.1) is 0 Å². The SMILES string of the molecule is CC/C=C\C/C=C\C/C=C\C/C=C\C/C=C\CCCCCC(=O)OC(COC(=O)CCCCC/C=C\C/C=C\C/C=C\CC)COC(=O)CCCCCCCCCCCCCCCCCCCCCCC/C=C\CCCCCCCCCC. The van der Waals surface area contributed by atoms with Gasteiger partial charge in [-0.3, -0.25) is 14.4 Å². The highest BCUT2D eigenvalue weighted by Crippen LogP contribution is 2.17. The summed E-state index contributed by atoms with van der Waals surface area (Å²) in [5.74, 6) is -0.953. The summed E-state index contributed by atoms with van der Waals surface area (Å²) in [5, 5.41) is 0. The maximum atomic E-state index is 12.9. The van der Waals surface area contributed by atoms with Gasteiger partial charge in [0, 0.05) is 19.3 Å². The van der Waals surface area contributed by atoms with Gasteiger partial charge < -0.3 is 14.2 Å². The second-order valence-corrected chi connectivity index (χ2v) is 23.4. The number of unbranched alkanes of at least 4 members (excludes halogenated alkanes) is 35. The molecule has 0 fully saturated rings. The van der Waals surface area contributed by atoms with E-state index in [-0.39, 0.29) is 37.5 Å². The molecule has 83 heavy (non-hydrogen) atoms. The van der Waals surface area contributed by atoms with Crippen LogP contribution in [0.15, 0.2) is 109 Å². The molecule has 0 aliphatic carbocycles. The third kappa shape index (κ3) is 68.7. The minimum Gasteiger partial charge on any atom is -0.462 e. The first-order valence-corrected chi connectivity index (χ1v) is 35.4. The number of hydrogen-bond acceptors (Lipinski definition) is 6. The molecule has 0 aromatic rings. The van der Waals surface area contributed by atoms with Crippen LogP contribution >= 0.6 is 0 Å². The molecule has 0 rings (SSSR count). The van der Waals surface area contributed by atoms with Crippen molar-refractivity contribution in [2.45, 2.75) is 348 Å². The summed E-state index contributed by atoms with van der Waals surface area (Å²) in [6.07, 6.45) is 97.2. The normalized spacial score (nSPS) is 12.8. The van der Waals surface area contributed by atoms with Crippen LogP contribution < -0.4 is 0 Å². The molecule has 0 amide bonds. The van der Waals surface area contributed by atoms with Crippen molar-refractivity contribution in [3.05, 3.63) is 109 Å². The summed E-state index contributed by atoms with van der Waals surface area (Å²) >= 11 is 0. The van der Waals surface area contributed by atoms with Gasteiger partial charge in [-0.2, -0.15) is 0 Å². The predicted molar refractivity (Wildman–Crippen MR) is 362 cm³/mol. The van der Waals surface area contributed by atoms with Gasteiger partial charge in [0.25, 0.3) is 0 Å². The number of carbonyl (C=O) groups is 3. The van der Waals surface area contributed by atoms with E-state index in [4.69, 9.17) is 14.2 Å². The van der Waals surface area contributed by atoms with E-state index < -0.39 is 6.10 Å². The van der Waals surface area contributed by atoms with Crippen molar-refractivity contribution in [3.63, 3.8) is 0 Å². The molecule has 0 aliphatic heterocycles. The van der Waals surface area contributed by atoms with E-state index in [0.717, 1.165) is 122 Å². The molecule has 0 aliphatic rings. The van der Waals surface area contributed by atoms with Crippen LogP contribution in [-0.2, 0) is 28.6 Å². The number of allylic oxidation sites excluding steroid dienone is 18. The van der Waals surface area contributed by atoms with Crippen molar-refractivity contribution >= 4 is 17.9 Å². The van der Waals surface area contributed by atoms with Crippen molar-refractivity contribution in [1.29, 1.82) is 0 Å². The average molecular weight is 1150 g/mol. The fourth-order valence-corrected chi connectivity index (χ4v) is 10.0. The Labute approximate surface area is 514 Å². The minimum absolute atomic E-state index is 0.1000. The Morgan fingerprint density at radius 1 is 0.253 bits per heavy atom. The second-order valence-electron chi connectivity index (χ2n) is 23.4. The molecule has 0 aromatic heterocycles. The lowest BCUT2D eigenvalue weighted by Gasteiger charge is -2.18. The number of ether oxygens (including phenoxy) is 3. The van der Waals surface area contributed by atoms with Crippen LogP contribution in [0.25, 0.3) is 0 Å². The van der Waals surface area contributed by atoms with Crippen molar-refractivity contribution in [1.82, 2.24) is 0 Å². The highest BCUT2D eigenvalue weighted by atomic mass is 16.6. The van der Waals surface area contributed by atoms with Crippen LogP contribution in [0.3, 0.4) is 0 Å². The summed E-state index contributed by atoms with van der Waals surface area (Å²) in [6, 6.07) is 0. The number of carbonyl (C=O) groups excluding carboxylic acids is 3. The third-order valence-corrected chi connectivity index (χ3v) is 15.2. The van der Waals surface area contributed by atoms with Crippen molar-refractivity contribution in [2.75, 3.05) is 13.2 Å². The number of hydrogen-bond donors (Lipinski definition) is 0. The maximum absolute atomic E-state index is 12.9. The molecule has 0 aromatic carbocycles.